The van der Waals surface area contributed by atoms with Gasteiger partial charge in [0.05, 0.1) is 30.0 Å². The van der Waals surface area contributed by atoms with Gasteiger partial charge in [0.25, 0.3) is 0 Å². The monoisotopic (exact) mass is 372 g/mol. The summed E-state index contributed by atoms with van der Waals surface area (Å²) in [6.07, 6.45) is 2.64. The number of fused-ring (bicyclic) bond motifs is 1. The van der Waals surface area contributed by atoms with Crippen molar-refractivity contribution < 1.29 is 9.53 Å². The molecule has 0 bridgehead atoms. The summed E-state index contributed by atoms with van der Waals surface area (Å²) in [5.74, 6) is 0.854. The molecule has 1 aliphatic heterocycles. The Labute approximate surface area is 158 Å². The summed E-state index contributed by atoms with van der Waals surface area (Å²) in [7, 11) is 0. The van der Waals surface area contributed by atoms with Gasteiger partial charge in [-0.05, 0) is 42.3 Å². The fourth-order valence-electron chi connectivity index (χ4n) is 3.14. The van der Waals surface area contributed by atoms with Crippen LogP contribution in [0.4, 0.5) is 10.5 Å². The highest BCUT2D eigenvalue weighted by Crippen LogP contribution is 2.32. The van der Waals surface area contributed by atoms with Crippen molar-refractivity contribution in [3.05, 3.63) is 54.4 Å². The molecule has 3 aromatic rings. The third-order valence-corrected chi connectivity index (χ3v) is 4.40. The van der Waals surface area contributed by atoms with Crippen molar-refractivity contribution >= 4 is 35.2 Å². The van der Waals surface area contributed by atoms with Gasteiger partial charge in [-0.15, -0.1) is 12.4 Å². The number of hydrogen-bond donors (Lipinski definition) is 2. The number of carbonyl (C=O) groups excluding carboxylic acids is 1. The van der Waals surface area contributed by atoms with Crippen LogP contribution in [0.15, 0.2) is 48.8 Å². The Kier molecular flexibility index (Phi) is 5.32. The number of nitrogens with zero attached hydrogens (tertiary/aromatic N) is 2. The second-order valence-electron chi connectivity index (χ2n) is 6.09. The van der Waals surface area contributed by atoms with Crippen molar-refractivity contribution in [3.8, 4) is 5.75 Å². The molecule has 0 radical (unpaired) electrons. The Hall–Kier alpha value is -2.73. The topological polar surface area (TPSA) is 70.2 Å². The first-order chi connectivity index (χ1) is 12.3. The van der Waals surface area contributed by atoms with E-state index >= 15 is 0 Å². The number of hydrogen-bond acceptors (Lipinski definition) is 3. The number of carbonyl (C=O) groups is 1. The van der Waals surface area contributed by atoms with E-state index in [0.717, 1.165) is 34.5 Å². The van der Waals surface area contributed by atoms with E-state index in [2.05, 4.69) is 22.2 Å². The maximum absolute atomic E-state index is 12.4. The van der Waals surface area contributed by atoms with Crippen LogP contribution in [0.1, 0.15) is 24.9 Å². The van der Waals surface area contributed by atoms with Crippen molar-refractivity contribution in [3.63, 3.8) is 0 Å². The van der Waals surface area contributed by atoms with Gasteiger partial charge < -0.3 is 15.0 Å². The minimum atomic E-state index is -0.0915. The minimum absolute atomic E-state index is 0. The number of benzene rings is 2. The quantitative estimate of drug-likeness (QED) is 0.710. The van der Waals surface area contributed by atoms with E-state index in [9.17, 15) is 4.79 Å². The van der Waals surface area contributed by atoms with Gasteiger partial charge in [-0.25, -0.2) is 9.78 Å². The van der Waals surface area contributed by atoms with Crippen molar-refractivity contribution in [2.24, 2.45) is 0 Å². The molecule has 0 saturated carbocycles. The van der Waals surface area contributed by atoms with Crippen LogP contribution in [-0.2, 0) is 0 Å². The lowest BCUT2D eigenvalue weighted by Crippen LogP contribution is -2.29. The van der Waals surface area contributed by atoms with Crippen LogP contribution in [0, 0.1) is 0 Å². The van der Waals surface area contributed by atoms with E-state index in [1.807, 2.05) is 42.5 Å². The van der Waals surface area contributed by atoms with E-state index in [1.165, 1.54) is 0 Å². The maximum Gasteiger partial charge on any atom is 0.322 e. The summed E-state index contributed by atoms with van der Waals surface area (Å²) < 4.78 is 5.64. The molecule has 136 valence electrons. The molecule has 1 fully saturated rings. The third kappa shape index (κ3) is 3.32. The lowest BCUT2D eigenvalue weighted by Gasteiger charge is -2.23. The van der Waals surface area contributed by atoms with Gasteiger partial charge in [-0.3, -0.25) is 4.90 Å². The summed E-state index contributed by atoms with van der Waals surface area (Å²) in [5.41, 5.74) is 3.71. The summed E-state index contributed by atoms with van der Waals surface area (Å²) >= 11 is 0. The van der Waals surface area contributed by atoms with Gasteiger partial charge in [0.15, 0.2) is 0 Å². The second-order valence-corrected chi connectivity index (χ2v) is 6.09. The van der Waals surface area contributed by atoms with Crippen molar-refractivity contribution in [2.75, 3.05) is 18.1 Å². The van der Waals surface area contributed by atoms with Crippen LogP contribution in [-0.4, -0.2) is 29.2 Å². The van der Waals surface area contributed by atoms with Crippen molar-refractivity contribution in [1.82, 2.24) is 15.3 Å². The summed E-state index contributed by atoms with van der Waals surface area (Å²) in [6, 6.07) is 13.6. The average Bonchev–Trinajstić information content (AvgIpc) is 3.26. The second kappa shape index (κ2) is 7.66. The normalized spacial score (nSPS) is 16.4. The largest absolute Gasteiger partial charge is 0.494 e. The van der Waals surface area contributed by atoms with Crippen molar-refractivity contribution in [2.45, 2.75) is 19.4 Å². The van der Waals surface area contributed by atoms with E-state index in [0.29, 0.717) is 13.2 Å². The van der Waals surface area contributed by atoms with Gasteiger partial charge in [-0.1, -0.05) is 19.1 Å². The minimum Gasteiger partial charge on any atom is -0.494 e. The summed E-state index contributed by atoms with van der Waals surface area (Å²) in [5, 5.41) is 2.93. The van der Waals surface area contributed by atoms with E-state index in [4.69, 9.17) is 4.74 Å². The number of anilines is 1. The zero-order valence-corrected chi connectivity index (χ0v) is 15.3. The number of aromatic nitrogens is 2. The Morgan fingerprint density at radius 2 is 2.04 bits per heavy atom. The molecule has 0 aliphatic carbocycles. The smallest absolute Gasteiger partial charge is 0.322 e. The molecule has 7 heteroatoms. The van der Waals surface area contributed by atoms with Crippen LogP contribution in [0.5, 0.6) is 5.75 Å². The van der Waals surface area contributed by atoms with E-state index in [-0.39, 0.29) is 24.5 Å². The van der Waals surface area contributed by atoms with Gasteiger partial charge in [0.1, 0.15) is 5.75 Å². The molecule has 4 rings (SSSR count). The third-order valence-electron chi connectivity index (χ3n) is 4.40. The number of halogens is 1. The molecule has 0 spiro atoms. The van der Waals surface area contributed by atoms with Gasteiger partial charge >= 0.3 is 6.03 Å². The molecular weight excluding hydrogens is 352 g/mol. The number of nitrogens with one attached hydrogen (secondary N) is 2. The van der Waals surface area contributed by atoms with E-state index in [1.54, 1.807) is 11.2 Å². The Bertz CT molecular complexity index is 894. The predicted molar refractivity (Wildman–Crippen MR) is 104 cm³/mol. The highest BCUT2D eigenvalue weighted by molar-refractivity contribution is 5.97. The molecule has 1 saturated heterocycles. The van der Waals surface area contributed by atoms with Crippen LogP contribution >= 0.6 is 12.4 Å². The SMILES string of the molecule is CCCOc1ccc([C@H]2CNC(=O)N2c2ccc3[nH]cnc3c2)cc1.Cl. The first-order valence-corrected chi connectivity index (χ1v) is 8.49. The summed E-state index contributed by atoms with van der Waals surface area (Å²) in [4.78, 5) is 21.5. The molecule has 2 aromatic carbocycles. The van der Waals surface area contributed by atoms with Crippen molar-refractivity contribution in [1.29, 1.82) is 0 Å². The maximum atomic E-state index is 12.4. The molecule has 26 heavy (non-hydrogen) atoms. The number of aromatic amines is 1. The number of H-pyrrole nitrogens is 1. The zero-order valence-electron chi connectivity index (χ0n) is 14.4. The average molecular weight is 373 g/mol. The Balaban J connectivity index is 0.00000196. The van der Waals surface area contributed by atoms with Gasteiger partial charge in [0.2, 0.25) is 0 Å². The first-order valence-electron chi connectivity index (χ1n) is 8.49. The highest BCUT2D eigenvalue weighted by Gasteiger charge is 2.33. The lowest BCUT2D eigenvalue weighted by molar-refractivity contribution is 0.251. The molecule has 0 unspecified atom stereocenters. The predicted octanol–water partition coefficient (Wildman–Crippen LogP) is 4.04. The van der Waals surface area contributed by atoms with Gasteiger partial charge in [-0.2, -0.15) is 0 Å². The lowest BCUT2D eigenvalue weighted by atomic mass is 10.1. The van der Waals surface area contributed by atoms with E-state index < -0.39 is 0 Å². The van der Waals surface area contributed by atoms with Crippen LogP contribution in [0.3, 0.4) is 0 Å². The number of imidazole rings is 1. The van der Waals surface area contributed by atoms with Crippen LogP contribution in [0.2, 0.25) is 0 Å². The molecule has 2 N–H and O–H groups in total. The first kappa shape index (κ1) is 18.1. The number of amides is 2. The Morgan fingerprint density at radius 3 is 2.81 bits per heavy atom. The number of ether oxygens (including phenoxy) is 1. The molecular formula is C19H21ClN4O2. The Morgan fingerprint density at radius 1 is 1.23 bits per heavy atom. The number of rotatable bonds is 5. The fraction of sp³-hybridized carbons (Fsp3) is 0.263. The molecule has 1 aromatic heterocycles. The highest BCUT2D eigenvalue weighted by atomic mass is 35.5. The zero-order chi connectivity index (χ0) is 17.2. The van der Waals surface area contributed by atoms with Crippen LogP contribution in [0.25, 0.3) is 11.0 Å². The standard InChI is InChI=1S/C19H20N4O2.ClH/c1-2-9-25-15-6-3-13(4-7-15)18-11-20-19(24)23(18)14-5-8-16-17(10-14)22-12-21-16;/h3-8,10,12,18H,2,9,11H2,1H3,(H,20,24)(H,21,22);1H/t18-;/m1./s1. The fourth-order valence-corrected chi connectivity index (χ4v) is 3.14. The summed E-state index contributed by atoms with van der Waals surface area (Å²) in [6.45, 7) is 3.36. The molecule has 1 atom stereocenters. The molecule has 2 heterocycles. The number of urea groups is 1. The molecule has 1 aliphatic rings. The van der Waals surface area contributed by atoms with Gasteiger partial charge in [0, 0.05) is 12.2 Å². The molecule has 6 nitrogen and oxygen atoms in total. The van der Waals surface area contributed by atoms with Crippen LogP contribution < -0.4 is 15.0 Å². The molecule has 2 amide bonds.